The highest BCUT2D eigenvalue weighted by Crippen LogP contribution is 2.30. The molecule has 1 aliphatic rings. The van der Waals surface area contributed by atoms with Crippen molar-refractivity contribution in [1.29, 1.82) is 0 Å². The molecule has 1 saturated heterocycles. The molecule has 0 spiro atoms. The van der Waals surface area contributed by atoms with Crippen molar-refractivity contribution < 1.29 is 9.15 Å². The van der Waals surface area contributed by atoms with Gasteiger partial charge in [0.05, 0.1) is 13.2 Å². The number of fused-ring (bicyclic) bond motifs is 1. The van der Waals surface area contributed by atoms with Crippen LogP contribution >= 0.6 is 0 Å². The summed E-state index contributed by atoms with van der Waals surface area (Å²) in [4.78, 5) is 11.8. The van der Waals surface area contributed by atoms with Crippen LogP contribution in [0.15, 0.2) is 65.2 Å². The molecule has 36 heavy (non-hydrogen) atoms. The number of aromatic nitrogens is 2. The third kappa shape index (κ3) is 7.54. The van der Waals surface area contributed by atoms with Gasteiger partial charge in [0.2, 0.25) is 5.95 Å². The maximum Gasteiger partial charge on any atom is 0.229 e. The van der Waals surface area contributed by atoms with E-state index in [9.17, 15) is 0 Å². The van der Waals surface area contributed by atoms with Crippen molar-refractivity contribution in [3.8, 4) is 0 Å². The van der Waals surface area contributed by atoms with Gasteiger partial charge in [-0.3, -0.25) is 0 Å². The number of anilines is 2. The zero-order chi connectivity index (χ0) is 26.3. The monoisotopic (exact) mass is 491 g/mol. The molecule has 0 radical (unpaired) electrons. The minimum absolute atomic E-state index is 0.551. The van der Waals surface area contributed by atoms with Crippen molar-refractivity contribution in [2.24, 2.45) is 5.73 Å². The first-order valence-corrected chi connectivity index (χ1v) is 12.8. The Kier molecular flexibility index (Phi) is 12.4. The van der Waals surface area contributed by atoms with Gasteiger partial charge in [0.25, 0.3) is 0 Å². The summed E-state index contributed by atoms with van der Waals surface area (Å²) in [6, 6.07) is 12.4. The van der Waals surface area contributed by atoms with Crippen molar-refractivity contribution in [2.45, 2.75) is 40.5 Å². The Hall–Kier alpha value is -3.42. The first kappa shape index (κ1) is 28.8. The highest BCUT2D eigenvalue weighted by Gasteiger charge is 2.20. The van der Waals surface area contributed by atoms with E-state index in [1.54, 1.807) is 6.08 Å². The van der Waals surface area contributed by atoms with Crippen LogP contribution in [0.5, 0.6) is 0 Å². The third-order valence-electron chi connectivity index (χ3n) is 5.42. The zero-order valence-electron chi connectivity index (χ0n) is 22.4. The Morgan fingerprint density at radius 2 is 1.81 bits per heavy atom. The average Bonchev–Trinajstić information content (AvgIpc) is 3.38. The maximum atomic E-state index is 5.97. The predicted molar refractivity (Wildman–Crippen MR) is 153 cm³/mol. The van der Waals surface area contributed by atoms with E-state index < -0.39 is 0 Å². The number of furan rings is 1. The summed E-state index contributed by atoms with van der Waals surface area (Å²) < 4.78 is 11.5. The lowest BCUT2D eigenvalue weighted by Crippen LogP contribution is -2.37. The molecular weight excluding hydrogens is 450 g/mol. The molecule has 0 bridgehead atoms. The van der Waals surface area contributed by atoms with Crippen LogP contribution in [0.4, 0.5) is 11.8 Å². The van der Waals surface area contributed by atoms with Gasteiger partial charge in [0, 0.05) is 24.9 Å². The van der Waals surface area contributed by atoms with Crippen LogP contribution in [-0.4, -0.2) is 43.3 Å². The summed E-state index contributed by atoms with van der Waals surface area (Å²) in [6.45, 7) is 15.0. The molecule has 7 nitrogen and oxygen atoms in total. The number of nitrogens with one attached hydrogen (secondary N) is 1. The van der Waals surface area contributed by atoms with Crippen LogP contribution in [0.3, 0.4) is 0 Å². The summed E-state index contributed by atoms with van der Waals surface area (Å²) in [6.07, 6.45) is 7.86. The number of morpholine rings is 1. The SMILES string of the molecule is C=Cc1cc2nc(NC(=C\CC)/C=C(\CC)c3ccccc3)nc(N3CCOCC3)c2o1.CC.CN. The Bertz CT molecular complexity index is 1130. The molecular formula is C29H41N5O2. The molecule has 0 atom stereocenters. The Morgan fingerprint density at radius 1 is 1.11 bits per heavy atom. The van der Waals surface area contributed by atoms with E-state index in [0.29, 0.717) is 30.5 Å². The second kappa shape index (κ2) is 15.5. The Morgan fingerprint density at radius 3 is 2.42 bits per heavy atom. The van der Waals surface area contributed by atoms with Gasteiger partial charge in [-0.2, -0.15) is 4.98 Å². The molecule has 0 saturated carbocycles. The van der Waals surface area contributed by atoms with E-state index in [1.807, 2.05) is 26.0 Å². The molecule has 194 valence electrons. The fourth-order valence-electron chi connectivity index (χ4n) is 3.80. The Balaban J connectivity index is 0.00000109. The lowest BCUT2D eigenvalue weighted by molar-refractivity contribution is 0.122. The molecule has 3 heterocycles. The van der Waals surface area contributed by atoms with Crippen LogP contribution < -0.4 is 16.0 Å². The van der Waals surface area contributed by atoms with Crippen molar-refractivity contribution in [1.82, 2.24) is 9.97 Å². The summed E-state index contributed by atoms with van der Waals surface area (Å²) >= 11 is 0. The van der Waals surface area contributed by atoms with Gasteiger partial charge < -0.3 is 25.1 Å². The van der Waals surface area contributed by atoms with Crippen molar-refractivity contribution >= 4 is 34.5 Å². The summed E-state index contributed by atoms with van der Waals surface area (Å²) in [5.74, 6) is 2.02. The third-order valence-corrected chi connectivity index (χ3v) is 5.42. The van der Waals surface area contributed by atoms with Crippen molar-refractivity contribution in [3.05, 3.63) is 72.1 Å². The number of nitrogens with two attached hydrogens (primary N) is 1. The second-order valence-electron chi connectivity index (χ2n) is 7.62. The van der Waals surface area contributed by atoms with Gasteiger partial charge in [0.15, 0.2) is 11.4 Å². The van der Waals surface area contributed by atoms with Gasteiger partial charge in [-0.15, -0.1) is 0 Å². The summed E-state index contributed by atoms with van der Waals surface area (Å²) in [5.41, 5.74) is 9.40. The van der Waals surface area contributed by atoms with E-state index in [2.05, 4.69) is 72.8 Å². The molecule has 0 amide bonds. The lowest BCUT2D eigenvalue weighted by Gasteiger charge is -2.27. The molecule has 0 aliphatic carbocycles. The number of ether oxygens (including phenoxy) is 1. The number of hydrogen-bond acceptors (Lipinski definition) is 7. The molecule has 3 aromatic rings. The number of rotatable bonds is 8. The van der Waals surface area contributed by atoms with Crippen molar-refractivity contribution in [2.75, 3.05) is 43.6 Å². The van der Waals surface area contributed by atoms with E-state index in [-0.39, 0.29) is 0 Å². The van der Waals surface area contributed by atoms with Crippen LogP contribution in [0.1, 0.15) is 51.9 Å². The van der Waals surface area contributed by atoms with Gasteiger partial charge in [-0.1, -0.05) is 70.7 Å². The van der Waals surface area contributed by atoms with Gasteiger partial charge in [-0.05, 0) is 43.2 Å². The first-order valence-electron chi connectivity index (χ1n) is 12.8. The van der Waals surface area contributed by atoms with Crippen molar-refractivity contribution in [3.63, 3.8) is 0 Å². The fourth-order valence-corrected chi connectivity index (χ4v) is 3.80. The fraction of sp³-hybridized carbons (Fsp3) is 0.379. The molecule has 2 aromatic heterocycles. The second-order valence-corrected chi connectivity index (χ2v) is 7.62. The molecule has 4 rings (SSSR count). The molecule has 3 N–H and O–H groups in total. The zero-order valence-corrected chi connectivity index (χ0v) is 22.4. The summed E-state index contributed by atoms with van der Waals surface area (Å²) in [7, 11) is 1.50. The quantitative estimate of drug-likeness (QED) is 0.347. The molecule has 1 aliphatic heterocycles. The van der Waals surface area contributed by atoms with Gasteiger partial charge in [0.1, 0.15) is 11.3 Å². The number of benzene rings is 1. The smallest absolute Gasteiger partial charge is 0.229 e. The minimum Gasteiger partial charge on any atom is -0.451 e. The van der Waals surface area contributed by atoms with Crippen LogP contribution in [-0.2, 0) is 4.74 Å². The van der Waals surface area contributed by atoms with E-state index in [4.69, 9.17) is 19.1 Å². The molecule has 1 aromatic carbocycles. The maximum absolute atomic E-state index is 5.97. The predicted octanol–water partition coefficient (Wildman–Crippen LogP) is 6.50. The minimum atomic E-state index is 0.551. The topological polar surface area (TPSA) is 89.4 Å². The van der Waals surface area contributed by atoms with Crippen LogP contribution in [0, 0.1) is 0 Å². The van der Waals surface area contributed by atoms with E-state index in [1.165, 1.54) is 18.2 Å². The highest BCUT2D eigenvalue weighted by molar-refractivity contribution is 5.87. The molecule has 1 fully saturated rings. The van der Waals surface area contributed by atoms with Gasteiger partial charge >= 0.3 is 0 Å². The highest BCUT2D eigenvalue weighted by atomic mass is 16.5. The number of hydrogen-bond donors (Lipinski definition) is 2. The van der Waals surface area contributed by atoms with Crippen LogP contribution in [0.25, 0.3) is 22.7 Å². The molecule has 0 unspecified atom stereocenters. The van der Waals surface area contributed by atoms with Gasteiger partial charge in [-0.25, -0.2) is 4.98 Å². The normalized spacial score (nSPS) is 13.9. The Labute approximate surface area is 215 Å². The molecule has 7 heteroatoms. The summed E-state index contributed by atoms with van der Waals surface area (Å²) in [5, 5.41) is 3.45. The van der Waals surface area contributed by atoms with E-state index in [0.717, 1.165) is 43.0 Å². The number of nitrogens with zero attached hydrogens (tertiary/aromatic N) is 3. The van der Waals surface area contributed by atoms with Crippen LogP contribution in [0.2, 0.25) is 0 Å². The first-order chi connectivity index (χ1) is 17.7. The largest absolute Gasteiger partial charge is 0.451 e. The van der Waals surface area contributed by atoms with E-state index >= 15 is 0 Å². The lowest BCUT2D eigenvalue weighted by atomic mass is 10.0. The standard InChI is InChI=1S/C26H30N4O2.C2H6.CH5N/c1-4-10-21(17-19(5-2)20-11-8-7-9-12-20)27-26-28-23-18-22(6-3)32-24(23)25(29-26)30-13-15-31-16-14-30;2*1-2/h6-12,17-18H,3-5,13-16H2,1-2H3,(H,27,28,29);1-2H3;2H2,1H3/b19-17+,21-10-;;. The average molecular weight is 492 g/mol. The number of allylic oxidation sites excluding steroid dienone is 3.